The number of aliphatic hydroxyl groups excluding tert-OH is 1. The van der Waals surface area contributed by atoms with E-state index in [0.717, 1.165) is 22.3 Å². The number of nitrogens with one attached hydrogen (secondary N) is 1. The van der Waals surface area contributed by atoms with Gasteiger partial charge in [-0.1, -0.05) is 48.5 Å². The molecule has 52 heavy (non-hydrogen) atoms. The van der Waals surface area contributed by atoms with E-state index in [0.29, 0.717) is 12.8 Å². The van der Waals surface area contributed by atoms with Crippen LogP contribution in [-0.4, -0.2) is 107 Å². The summed E-state index contributed by atoms with van der Waals surface area (Å²) in [6, 6.07) is 13.6. The minimum Gasteiger partial charge on any atom is -0.460 e. The van der Waals surface area contributed by atoms with Gasteiger partial charge in [0.15, 0.2) is 11.8 Å². The summed E-state index contributed by atoms with van der Waals surface area (Å²) in [5.74, 6) is -2.72. The number of hydroxylamine groups is 2. The normalized spacial score (nSPS) is 29.0. The van der Waals surface area contributed by atoms with Gasteiger partial charge in [0.05, 0.1) is 19.2 Å². The van der Waals surface area contributed by atoms with Crippen molar-refractivity contribution in [3.63, 3.8) is 0 Å². The third-order valence-corrected chi connectivity index (χ3v) is 10.5. The molecule has 0 aromatic heterocycles. The predicted molar refractivity (Wildman–Crippen MR) is 186 cm³/mol. The summed E-state index contributed by atoms with van der Waals surface area (Å²) >= 11 is 0. The van der Waals surface area contributed by atoms with Crippen molar-refractivity contribution in [2.24, 2.45) is 5.41 Å². The summed E-state index contributed by atoms with van der Waals surface area (Å²) in [5, 5.41) is 14.8. The molecule has 278 valence electrons. The van der Waals surface area contributed by atoms with Gasteiger partial charge in [-0.3, -0.25) is 24.0 Å². The van der Waals surface area contributed by atoms with Gasteiger partial charge in [-0.15, -0.1) is 0 Å². The summed E-state index contributed by atoms with van der Waals surface area (Å²) < 4.78 is 25.0. The number of hydrogen-bond acceptors (Lipinski definition) is 11. The molecular formula is C39H47N3O10. The van der Waals surface area contributed by atoms with Gasteiger partial charge in [0.25, 0.3) is 0 Å². The fourth-order valence-electron chi connectivity index (χ4n) is 8.26. The van der Waals surface area contributed by atoms with Crippen LogP contribution in [0.4, 0.5) is 0 Å². The Morgan fingerprint density at radius 3 is 2.46 bits per heavy atom. The molecule has 2 aromatic carbocycles. The number of aliphatic hydroxyl groups is 1. The van der Waals surface area contributed by atoms with E-state index in [1.807, 2.05) is 48.5 Å². The van der Waals surface area contributed by atoms with Gasteiger partial charge in [0, 0.05) is 45.9 Å². The number of likely N-dealkylation sites (N-methyl/N-ethyl adjacent to an activating group) is 1. The van der Waals surface area contributed by atoms with Gasteiger partial charge < -0.3 is 34.3 Å². The molecule has 0 radical (unpaired) electrons. The first kappa shape index (κ1) is 36.2. The Balaban J connectivity index is 1.19. The number of fused-ring (bicyclic) bond motifs is 5. The van der Waals surface area contributed by atoms with E-state index in [2.05, 4.69) is 5.32 Å². The number of esters is 2. The fourth-order valence-corrected chi connectivity index (χ4v) is 8.26. The number of carbonyl (C=O) groups is 4. The van der Waals surface area contributed by atoms with Crippen molar-refractivity contribution in [2.45, 2.75) is 107 Å². The first-order valence-corrected chi connectivity index (χ1v) is 17.9. The Bertz CT molecular complexity index is 1750. The van der Waals surface area contributed by atoms with Crippen LogP contribution in [-0.2, 0) is 62.3 Å². The Kier molecular flexibility index (Phi) is 9.53. The molecule has 3 aliphatic heterocycles. The molecule has 7 atom stereocenters. The number of amides is 2. The molecule has 7 unspecified atom stereocenters. The Hall–Kier alpha value is -4.14. The molecule has 2 N–H and O–H groups in total. The van der Waals surface area contributed by atoms with Crippen LogP contribution < -0.4 is 5.32 Å². The molecule has 1 spiro atoms. The highest BCUT2D eigenvalue weighted by atomic mass is 16.8. The average molecular weight is 718 g/mol. The van der Waals surface area contributed by atoms with Crippen LogP contribution >= 0.6 is 0 Å². The van der Waals surface area contributed by atoms with Crippen LogP contribution in [0.1, 0.15) is 62.3 Å². The zero-order chi connectivity index (χ0) is 37.0. The van der Waals surface area contributed by atoms with Gasteiger partial charge in [-0.05, 0) is 55.5 Å². The van der Waals surface area contributed by atoms with Crippen LogP contribution in [0.5, 0.6) is 0 Å². The quantitative estimate of drug-likeness (QED) is 0.276. The lowest BCUT2D eigenvalue weighted by Crippen LogP contribution is -2.70. The minimum atomic E-state index is -1.46. The summed E-state index contributed by atoms with van der Waals surface area (Å²) in [4.78, 5) is 61.6. The van der Waals surface area contributed by atoms with Gasteiger partial charge in [0.1, 0.15) is 35.4 Å². The molecule has 2 amide bonds. The van der Waals surface area contributed by atoms with Crippen molar-refractivity contribution in [3.8, 4) is 0 Å². The summed E-state index contributed by atoms with van der Waals surface area (Å²) in [5.41, 5.74) is 1.63. The van der Waals surface area contributed by atoms with E-state index in [-0.39, 0.29) is 31.7 Å². The molecule has 5 aliphatic rings. The van der Waals surface area contributed by atoms with E-state index >= 15 is 0 Å². The summed E-state index contributed by atoms with van der Waals surface area (Å²) in [7, 11) is 3.35. The zero-order valence-corrected chi connectivity index (χ0v) is 30.2. The molecule has 13 nitrogen and oxygen atoms in total. The second-order valence-corrected chi connectivity index (χ2v) is 15.7. The Morgan fingerprint density at radius 2 is 1.79 bits per heavy atom. The van der Waals surface area contributed by atoms with Crippen LogP contribution in [0, 0.1) is 5.41 Å². The second-order valence-electron chi connectivity index (χ2n) is 15.7. The molecular weight excluding hydrogens is 670 g/mol. The fraction of sp³-hybridized carbons (Fsp3) is 0.538. The lowest BCUT2D eigenvalue weighted by molar-refractivity contribution is -0.217. The molecule has 3 saturated heterocycles. The van der Waals surface area contributed by atoms with Gasteiger partial charge in [-0.2, -0.15) is 5.06 Å². The van der Waals surface area contributed by atoms with Gasteiger partial charge in [0.2, 0.25) is 11.8 Å². The number of benzene rings is 2. The monoisotopic (exact) mass is 717 g/mol. The molecule has 2 aromatic rings. The molecule has 3 heterocycles. The number of nitrogens with zero attached hydrogens (tertiary/aromatic N) is 2. The Morgan fingerprint density at radius 1 is 1.08 bits per heavy atom. The summed E-state index contributed by atoms with van der Waals surface area (Å²) in [6.07, 6.45) is 1.29. The molecule has 1 saturated carbocycles. The highest BCUT2D eigenvalue weighted by Gasteiger charge is 2.76. The highest BCUT2D eigenvalue weighted by molar-refractivity contribution is 5.94. The lowest BCUT2D eigenvalue weighted by atomic mass is 9.62. The smallest absolute Gasteiger partial charge is 0.327 e. The first-order valence-electron chi connectivity index (χ1n) is 17.9. The van der Waals surface area contributed by atoms with E-state index < -0.39 is 77.8 Å². The minimum absolute atomic E-state index is 0.0222. The van der Waals surface area contributed by atoms with E-state index in [1.165, 1.54) is 16.0 Å². The van der Waals surface area contributed by atoms with Crippen molar-refractivity contribution >= 4 is 29.8 Å². The number of hydrogen-bond donors (Lipinski definition) is 2. The predicted octanol–water partition coefficient (Wildman–Crippen LogP) is 2.47. The number of ether oxygens (including phenoxy) is 4. The van der Waals surface area contributed by atoms with Gasteiger partial charge in [-0.25, -0.2) is 0 Å². The third-order valence-electron chi connectivity index (χ3n) is 10.5. The van der Waals surface area contributed by atoms with Crippen molar-refractivity contribution in [1.29, 1.82) is 0 Å². The van der Waals surface area contributed by atoms with Crippen LogP contribution in [0.3, 0.4) is 0 Å². The molecule has 7 rings (SSSR count). The SMILES string of the molecule is CN(C)C(=O)C=Cc1cccc(CN2OC3C4OC5(Cc6ccccc6C5)OC4C4CC3(C(=O)NC(CO)CCC(=O)OC(C)(C)C)C2C(=O)O4)c1. The van der Waals surface area contributed by atoms with Crippen molar-refractivity contribution in [2.75, 3.05) is 20.7 Å². The number of carbonyl (C=O) groups excluding carboxylic acids is 4. The van der Waals surface area contributed by atoms with E-state index in [4.69, 9.17) is 23.8 Å². The maximum Gasteiger partial charge on any atom is 0.327 e. The highest BCUT2D eigenvalue weighted by Crippen LogP contribution is 2.58. The molecule has 4 fully saturated rings. The zero-order valence-electron chi connectivity index (χ0n) is 30.2. The van der Waals surface area contributed by atoms with Crippen molar-refractivity contribution in [3.05, 3.63) is 76.9 Å². The standard InChI is InChI=1S/C39H47N3O10/c1-37(2,3)49-30(45)16-14-27(22-43)40-36(47)39-20-28-31-32(51-38(50-31)18-25-11-6-7-12-26(25)19-38)34(39)52-42(33(39)35(46)48-28)21-24-10-8-9-23(17-24)13-15-29(44)41(4)5/h6-13,15,17,27-28,31-34,43H,14,16,18-22H2,1-5H3,(H,40,47). The van der Waals surface area contributed by atoms with Gasteiger partial charge >= 0.3 is 11.9 Å². The van der Waals surface area contributed by atoms with Crippen LogP contribution in [0.15, 0.2) is 54.6 Å². The van der Waals surface area contributed by atoms with Crippen molar-refractivity contribution in [1.82, 2.24) is 15.3 Å². The topological polar surface area (TPSA) is 153 Å². The second kappa shape index (κ2) is 13.7. The third kappa shape index (κ3) is 6.76. The lowest BCUT2D eigenvalue weighted by Gasteiger charge is -2.49. The Labute approximate surface area is 303 Å². The molecule has 2 bridgehead atoms. The van der Waals surface area contributed by atoms with Crippen LogP contribution in [0.25, 0.3) is 6.08 Å². The van der Waals surface area contributed by atoms with Crippen LogP contribution in [0.2, 0.25) is 0 Å². The van der Waals surface area contributed by atoms with E-state index in [9.17, 15) is 24.3 Å². The average Bonchev–Trinajstić information content (AvgIpc) is 3.76. The largest absolute Gasteiger partial charge is 0.460 e. The van der Waals surface area contributed by atoms with Crippen molar-refractivity contribution < 1.29 is 48.1 Å². The maximum atomic E-state index is 14.7. The number of rotatable bonds is 10. The summed E-state index contributed by atoms with van der Waals surface area (Å²) in [6.45, 7) is 5.01. The van der Waals surface area contributed by atoms with E-state index in [1.54, 1.807) is 40.9 Å². The molecule has 2 aliphatic carbocycles. The molecule has 13 heteroatoms. The maximum absolute atomic E-state index is 14.7. The first-order chi connectivity index (χ1) is 24.7.